The third kappa shape index (κ3) is 5.01. The number of Topliss-reactive ketones (excluding diaryl/α,β-unsaturated/α-hetero) is 1. The predicted octanol–water partition coefficient (Wildman–Crippen LogP) is 3.56. The Hall–Kier alpha value is -3.13. The Morgan fingerprint density at radius 1 is 1.21 bits per heavy atom. The summed E-state index contributed by atoms with van der Waals surface area (Å²) < 4.78 is 22.3. The van der Waals surface area contributed by atoms with Crippen LogP contribution in [0.1, 0.15) is 57.9 Å². The lowest BCUT2D eigenvalue weighted by Crippen LogP contribution is -2.41. The normalized spacial score (nSPS) is 24.1. The molecule has 0 radical (unpaired) electrons. The van der Waals surface area contributed by atoms with Crippen molar-refractivity contribution >= 4 is 17.7 Å². The number of rotatable bonds is 7. The van der Waals surface area contributed by atoms with Gasteiger partial charge in [0.2, 0.25) is 0 Å². The zero-order valence-corrected chi connectivity index (χ0v) is 19.8. The molecule has 8 heteroatoms. The van der Waals surface area contributed by atoms with Crippen LogP contribution in [0.5, 0.6) is 11.5 Å². The predicted molar refractivity (Wildman–Crippen MR) is 123 cm³/mol. The van der Waals surface area contributed by atoms with Crippen LogP contribution in [0.3, 0.4) is 0 Å². The van der Waals surface area contributed by atoms with E-state index in [1.165, 1.54) is 6.92 Å². The first-order valence-corrected chi connectivity index (χ1v) is 11.8. The van der Waals surface area contributed by atoms with Crippen LogP contribution < -0.4 is 14.8 Å². The summed E-state index contributed by atoms with van der Waals surface area (Å²) in [6.07, 6.45) is 4.80. The van der Waals surface area contributed by atoms with Crippen LogP contribution in [0, 0.1) is 5.92 Å². The van der Waals surface area contributed by atoms with Crippen molar-refractivity contribution in [3.63, 3.8) is 0 Å². The summed E-state index contributed by atoms with van der Waals surface area (Å²) in [5.74, 6) is -1.27. The maximum Gasteiger partial charge on any atom is 0.336 e. The highest BCUT2D eigenvalue weighted by molar-refractivity contribution is 5.96. The van der Waals surface area contributed by atoms with Crippen molar-refractivity contribution in [3.8, 4) is 11.5 Å². The molecule has 182 valence electrons. The van der Waals surface area contributed by atoms with Crippen LogP contribution in [-0.4, -0.2) is 43.6 Å². The smallest absolute Gasteiger partial charge is 0.336 e. The second kappa shape index (κ2) is 10.4. The number of carbonyl (C=O) groups excluding carboxylic acids is 3. The van der Waals surface area contributed by atoms with Gasteiger partial charge < -0.3 is 24.3 Å². The molecule has 3 aliphatic rings. The van der Waals surface area contributed by atoms with Crippen molar-refractivity contribution in [3.05, 3.63) is 46.8 Å². The Labute approximate surface area is 199 Å². The molecule has 1 aromatic rings. The number of ketones is 1. The largest absolute Gasteiger partial charge is 0.490 e. The quantitative estimate of drug-likeness (QED) is 0.478. The van der Waals surface area contributed by atoms with Crippen LogP contribution in [0.2, 0.25) is 0 Å². The highest BCUT2D eigenvalue weighted by Crippen LogP contribution is 2.45. The van der Waals surface area contributed by atoms with Crippen LogP contribution in [-0.2, 0) is 23.9 Å². The van der Waals surface area contributed by atoms with Crippen molar-refractivity contribution in [1.82, 2.24) is 5.32 Å². The first-order chi connectivity index (χ1) is 16.4. The summed E-state index contributed by atoms with van der Waals surface area (Å²) >= 11 is 0. The molecule has 3 unspecified atom stereocenters. The van der Waals surface area contributed by atoms with E-state index in [0.717, 1.165) is 24.1 Å². The minimum Gasteiger partial charge on any atom is -0.490 e. The zero-order valence-electron chi connectivity index (χ0n) is 19.8. The maximum absolute atomic E-state index is 13.3. The third-order valence-electron chi connectivity index (χ3n) is 6.34. The fourth-order valence-corrected chi connectivity index (χ4v) is 4.89. The van der Waals surface area contributed by atoms with E-state index in [0.29, 0.717) is 48.8 Å². The van der Waals surface area contributed by atoms with Crippen molar-refractivity contribution in [2.24, 2.45) is 5.92 Å². The Balaban J connectivity index is 1.73. The van der Waals surface area contributed by atoms with E-state index in [1.54, 1.807) is 18.2 Å². The SMILES string of the molecule is CCOc1cc(C2C(C(=O)OCC3CCCO3)=C(C)NC3=CCCC(=O)C32)ccc1OC(C)=O. The minimum atomic E-state index is -0.553. The lowest BCUT2D eigenvalue weighted by Gasteiger charge is -2.38. The fraction of sp³-hybridized carbons (Fsp3) is 0.500. The molecule has 1 fully saturated rings. The van der Waals surface area contributed by atoms with Gasteiger partial charge in [-0.25, -0.2) is 4.79 Å². The van der Waals surface area contributed by atoms with Gasteiger partial charge in [0.1, 0.15) is 12.4 Å². The second-order valence-electron chi connectivity index (χ2n) is 8.75. The van der Waals surface area contributed by atoms with E-state index in [1.807, 2.05) is 19.9 Å². The molecular weight excluding hydrogens is 438 g/mol. The molecule has 0 spiro atoms. The van der Waals surface area contributed by atoms with Gasteiger partial charge in [-0.05, 0) is 50.8 Å². The summed E-state index contributed by atoms with van der Waals surface area (Å²) in [7, 11) is 0. The number of esters is 2. The number of ether oxygens (including phenoxy) is 4. The van der Waals surface area contributed by atoms with Crippen molar-refractivity contribution < 1.29 is 33.3 Å². The maximum atomic E-state index is 13.3. The first-order valence-electron chi connectivity index (χ1n) is 11.8. The minimum absolute atomic E-state index is 0.0638. The molecule has 0 aromatic heterocycles. The van der Waals surface area contributed by atoms with Crippen LogP contribution in [0.15, 0.2) is 41.2 Å². The summed E-state index contributed by atoms with van der Waals surface area (Å²) in [6.45, 7) is 6.19. The molecule has 1 saturated heterocycles. The van der Waals surface area contributed by atoms with Gasteiger partial charge >= 0.3 is 11.9 Å². The highest BCUT2D eigenvalue weighted by Gasteiger charge is 2.43. The van der Waals surface area contributed by atoms with E-state index < -0.39 is 23.8 Å². The Bertz CT molecular complexity index is 1040. The third-order valence-corrected chi connectivity index (χ3v) is 6.34. The van der Waals surface area contributed by atoms with E-state index in [2.05, 4.69) is 5.32 Å². The van der Waals surface area contributed by atoms with Crippen molar-refractivity contribution in [2.45, 2.75) is 58.5 Å². The number of nitrogens with one attached hydrogen (secondary N) is 1. The lowest BCUT2D eigenvalue weighted by atomic mass is 9.71. The van der Waals surface area contributed by atoms with E-state index >= 15 is 0 Å². The summed E-state index contributed by atoms with van der Waals surface area (Å²) in [6, 6.07) is 5.17. The van der Waals surface area contributed by atoms with Gasteiger partial charge in [0.25, 0.3) is 0 Å². The lowest BCUT2D eigenvalue weighted by molar-refractivity contribution is -0.143. The van der Waals surface area contributed by atoms with Crippen LogP contribution in [0.25, 0.3) is 0 Å². The van der Waals surface area contributed by atoms with Gasteiger partial charge in [-0.15, -0.1) is 0 Å². The second-order valence-corrected chi connectivity index (χ2v) is 8.75. The average molecular weight is 470 g/mol. The molecule has 2 aliphatic heterocycles. The number of hydrogen-bond donors (Lipinski definition) is 1. The van der Waals surface area contributed by atoms with Gasteiger partial charge in [0.05, 0.1) is 24.2 Å². The Kier molecular flexibility index (Phi) is 7.36. The molecule has 0 amide bonds. The Morgan fingerprint density at radius 2 is 2.03 bits per heavy atom. The highest BCUT2D eigenvalue weighted by atomic mass is 16.6. The molecule has 1 aliphatic carbocycles. The van der Waals surface area contributed by atoms with E-state index in [4.69, 9.17) is 18.9 Å². The van der Waals surface area contributed by atoms with Crippen LogP contribution in [0.4, 0.5) is 0 Å². The average Bonchev–Trinajstić information content (AvgIpc) is 3.31. The number of hydrogen-bond acceptors (Lipinski definition) is 8. The fourth-order valence-electron chi connectivity index (χ4n) is 4.89. The molecule has 0 bridgehead atoms. The monoisotopic (exact) mass is 469 g/mol. The Morgan fingerprint density at radius 3 is 2.74 bits per heavy atom. The molecular formula is C26H31NO7. The van der Waals surface area contributed by atoms with Crippen molar-refractivity contribution in [2.75, 3.05) is 19.8 Å². The van der Waals surface area contributed by atoms with E-state index in [-0.39, 0.29) is 18.5 Å². The molecule has 1 aromatic carbocycles. The molecule has 34 heavy (non-hydrogen) atoms. The molecule has 3 atom stereocenters. The number of allylic oxidation sites excluding steroid dienone is 3. The summed E-state index contributed by atoms with van der Waals surface area (Å²) in [5.41, 5.74) is 2.59. The van der Waals surface area contributed by atoms with Gasteiger partial charge in [-0.3, -0.25) is 9.59 Å². The standard InChI is InChI=1S/C26H31NO7/c1-4-31-22-13-17(10-11-21(22)34-16(3)28)24-23(26(30)33-14-18-7-6-12-32-18)15(2)27-19-8-5-9-20(29)25(19)24/h8,10-11,13,18,24-25,27H,4-7,9,12,14H2,1-3H3. The van der Waals surface area contributed by atoms with E-state index in [9.17, 15) is 14.4 Å². The molecule has 0 saturated carbocycles. The van der Waals surface area contributed by atoms with Crippen molar-refractivity contribution in [1.29, 1.82) is 0 Å². The summed E-state index contributed by atoms with van der Waals surface area (Å²) in [4.78, 5) is 38.0. The topological polar surface area (TPSA) is 100 Å². The summed E-state index contributed by atoms with van der Waals surface area (Å²) in [5, 5.41) is 3.27. The number of fused-ring (bicyclic) bond motifs is 1. The van der Waals surface area contributed by atoms with Gasteiger partial charge in [0, 0.05) is 37.3 Å². The van der Waals surface area contributed by atoms with Crippen LogP contribution >= 0.6 is 0 Å². The molecule has 2 heterocycles. The van der Waals surface area contributed by atoms with Gasteiger partial charge in [-0.2, -0.15) is 0 Å². The molecule has 8 nitrogen and oxygen atoms in total. The molecule has 4 rings (SSSR count). The molecule has 1 N–H and O–H groups in total. The van der Waals surface area contributed by atoms with Gasteiger partial charge in [0.15, 0.2) is 11.5 Å². The number of carbonyl (C=O) groups is 3. The first kappa shape index (κ1) is 24.0. The zero-order chi connectivity index (χ0) is 24.2. The van der Waals surface area contributed by atoms with Gasteiger partial charge in [-0.1, -0.05) is 12.1 Å². The number of benzene rings is 1.